The van der Waals surface area contributed by atoms with Crippen LogP contribution in [0.2, 0.25) is 0 Å². The van der Waals surface area contributed by atoms with Crippen molar-refractivity contribution in [2.75, 3.05) is 13.2 Å². The Kier molecular flexibility index (Phi) is 5.04. The monoisotopic (exact) mass is 325 g/mol. The second-order valence-electron chi connectivity index (χ2n) is 6.45. The Morgan fingerprint density at radius 3 is 2.68 bits per heavy atom. The van der Waals surface area contributed by atoms with Crippen molar-refractivity contribution in [3.05, 3.63) is 34.3 Å². The molecule has 1 aliphatic rings. The SMILES string of the molecule is CC(C)(C)NCC(OCC1CC1)c1cccc(Br)c1. The van der Waals surface area contributed by atoms with Crippen LogP contribution in [0.1, 0.15) is 45.3 Å². The van der Waals surface area contributed by atoms with Crippen LogP contribution in [0.3, 0.4) is 0 Å². The average Bonchev–Trinajstić information content (AvgIpc) is 3.11. The van der Waals surface area contributed by atoms with Gasteiger partial charge in [0.2, 0.25) is 0 Å². The van der Waals surface area contributed by atoms with Gasteiger partial charge in [0, 0.05) is 16.6 Å². The molecule has 0 spiro atoms. The van der Waals surface area contributed by atoms with Crippen molar-refractivity contribution in [2.24, 2.45) is 5.92 Å². The van der Waals surface area contributed by atoms with Crippen LogP contribution in [-0.2, 0) is 4.74 Å². The number of halogens is 1. The van der Waals surface area contributed by atoms with Gasteiger partial charge in [-0.15, -0.1) is 0 Å². The third-order valence-electron chi connectivity index (χ3n) is 3.27. The number of hydrogen-bond donors (Lipinski definition) is 1. The van der Waals surface area contributed by atoms with E-state index in [1.165, 1.54) is 18.4 Å². The highest BCUT2D eigenvalue weighted by molar-refractivity contribution is 9.10. The van der Waals surface area contributed by atoms with Gasteiger partial charge in [-0.2, -0.15) is 0 Å². The van der Waals surface area contributed by atoms with Crippen LogP contribution >= 0.6 is 15.9 Å². The third kappa shape index (κ3) is 5.64. The summed E-state index contributed by atoms with van der Waals surface area (Å²) in [6.45, 7) is 8.30. The largest absolute Gasteiger partial charge is 0.372 e. The molecule has 1 unspecified atom stereocenters. The normalized spacial score (nSPS) is 17.5. The van der Waals surface area contributed by atoms with Gasteiger partial charge in [-0.3, -0.25) is 0 Å². The molecule has 0 bridgehead atoms. The predicted octanol–water partition coefficient (Wildman–Crippen LogP) is 4.30. The average molecular weight is 326 g/mol. The second-order valence-corrected chi connectivity index (χ2v) is 7.37. The van der Waals surface area contributed by atoms with E-state index in [-0.39, 0.29) is 11.6 Å². The van der Waals surface area contributed by atoms with Crippen molar-refractivity contribution < 1.29 is 4.74 Å². The lowest BCUT2D eigenvalue weighted by Gasteiger charge is -2.26. The Labute approximate surface area is 125 Å². The molecule has 0 heterocycles. The maximum atomic E-state index is 6.12. The Bertz CT molecular complexity index is 409. The first-order valence-corrected chi connectivity index (χ1v) is 7.85. The summed E-state index contributed by atoms with van der Waals surface area (Å²) in [4.78, 5) is 0. The standard InChI is InChI=1S/C16H24BrNO/c1-16(2,3)18-10-15(19-11-12-7-8-12)13-5-4-6-14(17)9-13/h4-6,9,12,15,18H,7-8,10-11H2,1-3H3. The second kappa shape index (κ2) is 6.38. The van der Waals surface area contributed by atoms with E-state index in [0.717, 1.165) is 23.5 Å². The lowest BCUT2D eigenvalue weighted by molar-refractivity contribution is 0.0412. The fraction of sp³-hybridized carbons (Fsp3) is 0.625. The molecule has 0 amide bonds. The van der Waals surface area contributed by atoms with E-state index in [9.17, 15) is 0 Å². The van der Waals surface area contributed by atoms with Gasteiger partial charge in [-0.05, 0) is 57.2 Å². The van der Waals surface area contributed by atoms with Gasteiger partial charge >= 0.3 is 0 Å². The molecule has 106 valence electrons. The first-order valence-electron chi connectivity index (χ1n) is 7.06. The summed E-state index contributed by atoms with van der Waals surface area (Å²) in [6.07, 6.45) is 2.80. The van der Waals surface area contributed by atoms with Crippen LogP contribution in [0.15, 0.2) is 28.7 Å². The molecular formula is C16H24BrNO. The van der Waals surface area contributed by atoms with Crippen molar-refractivity contribution >= 4 is 15.9 Å². The number of rotatable bonds is 6. The van der Waals surface area contributed by atoms with Crippen molar-refractivity contribution in [2.45, 2.75) is 45.3 Å². The molecule has 1 aromatic carbocycles. The lowest BCUT2D eigenvalue weighted by atomic mass is 10.1. The zero-order valence-electron chi connectivity index (χ0n) is 12.1. The molecular weight excluding hydrogens is 302 g/mol. The lowest BCUT2D eigenvalue weighted by Crippen LogP contribution is -2.39. The quantitative estimate of drug-likeness (QED) is 0.841. The number of benzene rings is 1. The highest BCUT2D eigenvalue weighted by atomic mass is 79.9. The molecule has 2 nitrogen and oxygen atoms in total. The van der Waals surface area contributed by atoms with E-state index >= 15 is 0 Å². The summed E-state index contributed by atoms with van der Waals surface area (Å²) in [5.74, 6) is 0.796. The van der Waals surface area contributed by atoms with E-state index < -0.39 is 0 Å². The fourth-order valence-electron chi connectivity index (χ4n) is 1.92. The zero-order valence-corrected chi connectivity index (χ0v) is 13.7. The Morgan fingerprint density at radius 2 is 2.11 bits per heavy atom. The van der Waals surface area contributed by atoms with Crippen molar-refractivity contribution in [1.82, 2.24) is 5.32 Å². The highest BCUT2D eigenvalue weighted by Gasteiger charge is 2.24. The number of hydrogen-bond acceptors (Lipinski definition) is 2. The molecule has 2 rings (SSSR count). The molecule has 0 aromatic heterocycles. The first-order chi connectivity index (χ1) is 8.94. The van der Waals surface area contributed by atoms with Crippen molar-refractivity contribution in [3.8, 4) is 0 Å². The highest BCUT2D eigenvalue weighted by Crippen LogP contribution is 2.31. The summed E-state index contributed by atoms with van der Waals surface area (Å²) in [5, 5.41) is 3.54. The zero-order chi connectivity index (χ0) is 13.9. The molecule has 19 heavy (non-hydrogen) atoms. The summed E-state index contributed by atoms with van der Waals surface area (Å²) < 4.78 is 7.23. The van der Waals surface area contributed by atoms with Crippen LogP contribution in [0.5, 0.6) is 0 Å². The van der Waals surface area contributed by atoms with E-state index in [2.05, 4.69) is 66.3 Å². The molecule has 0 aliphatic heterocycles. The van der Waals surface area contributed by atoms with Gasteiger partial charge in [0.1, 0.15) is 0 Å². The summed E-state index contributed by atoms with van der Waals surface area (Å²) in [5.41, 5.74) is 1.36. The molecule has 1 atom stereocenters. The van der Waals surface area contributed by atoms with E-state index in [4.69, 9.17) is 4.74 Å². The van der Waals surface area contributed by atoms with Crippen LogP contribution in [0, 0.1) is 5.92 Å². The maximum Gasteiger partial charge on any atom is 0.0949 e. The van der Waals surface area contributed by atoms with E-state index in [1.54, 1.807) is 0 Å². The van der Waals surface area contributed by atoms with Gasteiger partial charge in [0.05, 0.1) is 12.7 Å². The van der Waals surface area contributed by atoms with Gasteiger partial charge in [0.15, 0.2) is 0 Å². The van der Waals surface area contributed by atoms with Crippen LogP contribution < -0.4 is 5.32 Å². The minimum Gasteiger partial charge on any atom is -0.372 e. The van der Waals surface area contributed by atoms with Crippen molar-refractivity contribution in [1.29, 1.82) is 0 Å². The minimum absolute atomic E-state index is 0.118. The van der Waals surface area contributed by atoms with E-state index in [0.29, 0.717) is 0 Å². The Hall–Kier alpha value is -0.380. The van der Waals surface area contributed by atoms with Crippen LogP contribution in [0.25, 0.3) is 0 Å². The van der Waals surface area contributed by atoms with Crippen LogP contribution in [0.4, 0.5) is 0 Å². The topological polar surface area (TPSA) is 21.3 Å². The predicted molar refractivity (Wildman–Crippen MR) is 83.3 cm³/mol. The molecule has 0 radical (unpaired) electrons. The molecule has 1 N–H and O–H groups in total. The van der Waals surface area contributed by atoms with Crippen LogP contribution in [-0.4, -0.2) is 18.7 Å². The Balaban J connectivity index is 1.99. The molecule has 3 heteroatoms. The summed E-state index contributed by atoms with van der Waals surface area (Å²) in [6, 6.07) is 8.43. The van der Waals surface area contributed by atoms with Gasteiger partial charge in [-0.25, -0.2) is 0 Å². The molecule has 1 aliphatic carbocycles. The molecule has 1 saturated carbocycles. The smallest absolute Gasteiger partial charge is 0.0949 e. The van der Waals surface area contributed by atoms with Crippen molar-refractivity contribution in [3.63, 3.8) is 0 Å². The van der Waals surface area contributed by atoms with E-state index in [1.807, 2.05) is 0 Å². The van der Waals surface area contributed by atoms with Gasteiger partial charge < -0.3 is 10.1 Å². The number of nitrogens with one attached hydrogen (secondary N) is 1. The number of ether oxygens (including phenoxy) is 1. The Morgan fingerprint density at radius 1 is 1.37 bits per heavy atom. The molecule has 1 aromatic rings. The minimum atomic E-state index is 0.118. The summed E-state index contributed by atoms with van der Waals surface area (Å²) >= 11 is 3.54. The first kappa shape index (κ1) is 15.0. The summed E-state index contributed by atoms with van der Waals surface area (Å²) in [7, 11) is 0. The molecule has 1 fully saturated rings. The maximum absolute atomic E-state index is 6.12. The molecule has 0 saturated heterocycles. The van der Waals surface area contributed by atoms with Gasteiger partial charge in [0.25, 0.3) is 0 Å². The van der Waals surface area contributed by atoms with Gasteiger partial charge in [-0.1, -0.05) is 28.1 Å². The fourth-order valence-corrected chi connectivity index (χ4v) is 2.33. The third-order valence-corrected chi connectivity index (χ3v) is 3.76.